The van der Waals surface area contributed by atoms with Gasteiger partial charge in [0.1, 0.15) is 11.2 Å². The molecule has 0 radical (unpaired) electrons. The summed E-state index contributed by atoms with van der Waals surface area (Å²) in [5.74, 6) is 1.83. The highest BCUT2D eigenvalue weighted by molar-refractivity contribution is 6.26. The molecular formula is C57H35N5O. The fourth-order valence-electron chi connectivity index (χ4n) is 9.56. The Morgan fingerprint density at radius 1 is 0.317 bits per heavy atom. The summed E-state index contributed by atoms with van der Waals surface area (Å²) in [7, 11) is 0. The minimum Gasteiger partial charge on any atom is -0.456 e. The Hall–Kier alpha value is -8.61. The molecule has 0 bridgehead atoms. The Morgan fingerprint density at radius 3 is 1.57 bits per heavy atom. The van der Waals surface area contributed by atoms with E-state index in [0.717, 1.165) is 66.6 Å². The number of fused-ring (bicyclic) bond motifs is 10. The van der Waals surface area contributed by atoms with E-state index in [9.17, 15) is 0 Å². The monoisotopic (exact) mass is 805 g/mol. The highest BCUT2D eigenvalue weighted by atomic mass is 16.3. The molecule has 0 unspecified atom stereocenters. The first-order valence-electron chi connectivity index (χ1n) is 21.2. The van der Waals surface area contributed by atoms with E-state index in [-0.39, 0.29) is 0 Å². The minimum atomic E-state index is 0.594. The van der Waals surface area contributed by atoms with Crippen LogP contribution in [-0.2, 0) is 0 Å². The van der Waals surface area contributed by atoms with Crippen molar-refractivity contribution in [1.82, 2.24) is 24.1 Å². The smallest absolute Gasteiger partial charge is 0.164 e. The molecule has 63 heavy (non-hydrogen) atoms. The third-order valence-corrected chi connectivity index (χ3v) is 12.4. The second kappa shape index (κ2) is 14.0. The lowest BCUT2D eigenvalue weighted by molar-refractivity contribution is 0.669. The predicted octanol–water partition coefficient (Wildman–Crippen LogP) is 14.6. The van der Waals surface area contributed by atoms with Gasteiger partial charge in [-0.25, -0.2) is 15.0 Å². The minimum absolute atomic E-state index is 0.594. The average molecular weight is 806 g/mol. The summed E-state index contributed by atoms with van der Waals surface area (Å²) in [4.78, 5) is 15.1. The van der Waals surface area contributed by atoms with Crippen LogP contribution in [-0.4, -0.2) is 24.1 Å². The summed E-state index contributed by atoms with van der Waals surface area (Å²) in [6.45, 7) is 0. The standard InChI is InChI=1S/C57H35N5O/c1-5-16-36(17-6-1)55-58-56(37-18-7-2-8-19-37)60-57(59-55)44-25-15-27-51-52(44)46-35-39(29-33-50(46)63-51)38-28-31-48-45(34-38)42-30-32-49-53(54(42)62(48)41-22-11-4-12-23-41)43-24-13-14-26-47(43)61(49)40-20-9-3-10-21-40/h1-35H. The van der Waals surface area contributed by atoms with Crippen LogP contribution in [0.2, 0.25) is 0 Å². The van der Waals surface area contributed by atoms with Crippen molar-refractivity contribution in [2.24, 2.45) is 0 Å². The summed E-state index contributed by atoms with van der Waals surface area (Å²) in [5.41, 5.74) is 13.5. The zero-order valence-electron chi connectivity index (χ0n) is 33.9. The Labute approximate surface area is 361 Å². The number of para-hydroxylation sites is 3. The van der Waals surface area contributed by atoms with Gasteiger partial charge in [0.05, 0.1) is 22.1 Å². The van der Waals surface area contributed by atoms with Crippen molar-refractivity contribution in [3.63, 3.8) is 0 Å². The van der Waals surface area contributed by atoms with Gasteiger partial charge in [-0.3, -0.25) is 0 Å². The predicted molar refractivity (Wildman–Crippen MR) is 258 cm³/mol. The van der Waals surface area contributed by atoms with Gasteiger partial charge in [-0.1, -0.05) is 146 Å². The first-order valence-corrected chi connectivity index (χ1v) is 21.2. The number of furan rings is 1. The lowest BCUT2D eigenvalue weighted by atomic mass is 9.99. The largest absolute Gasteiger partial charge is 0.456 e. The lowest BCUT2D eigenvalue weighted by Gasteiger charge is -2.10. The van der Waals surface area contributed by atoms with E-state index >= 15 is 0 Å². The van der Waals surface area contributed by atoms with Gasteiger partial charge in [-0.2, -0.15) is 0 Å². The van der Waals surface area contributed by atoms with E-state index in [0.29, 0.717) is 17.5 Å². The molecular weight excluding hydrogens is 771 g/mol. The molecule has 0 saturated carbocycles. The van der Waals surface area contributed by atoms with Crippen LogP contribution >= 0.6 is 0 Å². The van der Waals surface area contributed by atoms with Crippen molar-refractivity contribution < 1.29 is 4.42 Å². The SMILES string of the molecule is c1ccc(-c2nc(-c3ccccc3)nc(-c3cccc4oc5ccc(-c6ccc7c(c6)c6ccc8c(c9ccccc9n8-c8ccccc8)c6n7-c6ccccc6)cc5c34)n2)cc1. The Morgan fingerprint density at radius 2 is 0.873 bits per heavy atom. The van der Waals surface area contributed by atoms with Crippen LogP contribution in [0, 0.1) is 0 Å². The molecule has 6 nitrogen and oxygen atoms in total. The second-order valence-corrected chi connectivity index (χ2v) is 16.0. The zero-order chi connectivity index (χ0) is 41.4. The molecule has 9 aromatic carbocycles. The quantitative estimate of drug-likeness (QED) is 0.168. The number of aromatic nitrogens is 5. The maximum Gasteiger partial charge on any atom is 0.164 e. The zero-order valence-corrected chi connectivity index (χ0v) is 33.9. The molecule has 294 valence electrons. The first-order chi connectivity index (χ1) is 31.2. The molecule has 0 aliphatic heterocycles. The maximum atomic E-state index is 6.55. The molecule has 13 rings (SSSR count). The average Bonchev–Trinajstić information content (AvgIpc) is 4.02. The van der Waals surface area contributed by atoms with Gasteiger partial charge in [0.2, 0.25) is 0 Å². The van der Waals surface area contributed by atoms with Crippen LogP contribution in [0.1, 0.15) is 0 Å². The van der Waals surface area contributed by atoms with E-state index < -0.39 is 0 Å². The van der Waals surface area contributed by atoms with Crippen molar-refractivity contribution in [3.05, 3.63) is 212 Å². The fourth-order valence-corrected chi connectivity index (χ4v) is 9.56. The Bertz CT molecular complexity index is 3830. The van der Waals surface area contributed by atoms with E-state index in [2.05, 4.69) is 149 Å². The van der Waals surface area contributed by atoms with Gasteiger partial charge >= 0.3 is 0 Å². The molecule has 0 fully saturated rings. The van der Waals surface area contributed by atoms with Crippen molar-refractivity contribution >= 4 is 65.6 Å². The molecule has 4 aromatic heterocycles. The van der Waals surface area contributed by atoms with E-state index in [1.807, 2.05) is 72.8 Å². The van der Waals surface area contributed by atoms with Crippen molar-refractivity contribution in [1.29, 1.82) is 0 Å². The second-order valence-electron chi connectivity index (χ2n) is 16.0. The third-order valence-electron chi connectivity index (χ3n) is 12.4. The number of benzene rings is 9. The first kappa shape index (κ1) is 35.2. The molecule has 4 heterocycles. The molecule has 0 N–H and O–H groups in total. The topological polar surface area (TPSA) is 61.7 Å². The molecule has 0 aliphatic rings. The summed E-state index contributed by atoms with van der Waals surface area (Å²) in [5, 5.41) is 6.82. The van der Waals surface area contributed by atoms with Crippen LogP contribution in [0.3, 0.4) is 0 Å². The Balaban J connectivity index is 1.03. The highest BCUT2D eigenvalue weighted by Crippen LogP contribution is 2.44. The van der Waals surface area contributed by atoms with Crippen molar-refractivity contribution in [2.45, 2.75) is 0 Å². The fraction of sp³-hybridized carbons (Fsp3) is 0. The summed E-state index contributed by atoms with van der Waals surface area (Å²) >= 11 is 0. The summed E-state index contributed by atoms with van der Waals surface area (Å²) < 4.78 is 11.4. The van der Waals surface area contributed by atoms with Gasteiger partial charge in [-0.05, 0) is 77.9 Å². The van der Waals surface area contributed by atoms with Gasteiger partial charge < -0.3 is 13.6 Å². The van der Waals surface area contributed by atoms with E-state index in [1.165, 1.54) is 38.1 Å². The number of hydrogen-bond donors (Lipinski definition) is 0. The number of hydrogen-bond acceptors (Lipinski definition) is 4. The summed E-state index contributed by atoms with van der Waals surface area (Å²) in [6, 6.07) is 74.5. The summed E-state index contributed by atoms with van der Waals surface area (Å²) in [6.07, 6.45) is 0. The number of rotatable bonds is 6. The van der Waals surface area contributed by atoms with Gasteiger partial charge in [0.25, 0.3) is 0 Å². The normalized spacial score (nSPS) is 11.8. The van der Waals surface area contributed by atoms with Crippen LogP contribution in [0.5, 0.6) is 0 Å². The molecule has 0 aliphatic carbocycles. The lowest BCUT2D eigenvalue weighted by Crippen LogP contribution is -2.00. The van der Waals surface area contributed by atoms with Gasteiger partial charge in [-0.15, -0.1) is 0 Å². The maximum absolute atomic E-state index is 6.55. The molecule has 13 aromatic rings. The molecule has 6 heteroatoms. The Kier molecular flexibility index (Phi) is 7.80. The number of nitrogens with zero attached hydrogens (tertiary/aromatic N) is 5. The van der Waals surface area contributed by atoms with Crippen LogP contribution in [0.15, 0.2) is 217 Å². The highest BCUT2D eigenvalue weighted by Gasteiger charge is 2.22. The molecule has 0 amide bonds. The van der Waals surface area contributed by atoms with E-state index in [4.69, 9.17) is 19.4 Å². The molecule has 0 saturated heterocycles. The molecule has 0 atom stereocenters. The molecule has 0 spiro atoms. The van der Waals surface area contributed by atoms with Crippen molar-refractivity contribution in [2.75, 3.05) is 0 Å². The van der Waals surface area contributed by atoms with Crippen molar-refractivity contribution in [3.8, 4) is 56.7 Å². The third kappa shape index (κ3) is 5.55. The van der Waals surface area contributed by atoms with Crippen LogP contribution in [0.25, 0.3) is 122 Å². The van der Waals surface area contributed by atoms with Crippen LogP contribution < -0.4 is 0 Å². The van der Waals surface area contributed by atoms with Crippen LogP contribution in [0.4, 0.5) is 0 Å². The van der Waals surface area contributed by atoms with Gasteiger partial charge in [0.15, 0.2) is 17.5 Å². The van der Waals surface area contributed by atoms with E-state index in [1.54, 1.807) is 0 Å². The van der Waals surface area contributed by atoms with Gasteiger partial charge in [0, 0.05) is 60.4 Å².